The van der Waals surface area contributed by atoms with Crippen LogP contribution in [0, 0.1) is 5.92 Å². The summed E-state index contributed by atoms with van der Waals surface area (Å²) in [6.45, 7) is 4.28. The first-order valence-corrected chi connectivity index (χ1v) is 9.74. The zero-order chi connectivity index (χ0) is 18.6. The van der Waals surface area contributed by atoms with Gasteiger partial charge in [-0.3, -0.25) is 9.78 Å². The average Bonchev–Trinajstić information content (AvgIpc) is 2.90. The number of hydrogen-bond acceptors (Lipinski definition) is 5. The molecule has 0 saturated carbocycles. The van der Waals surface area contributed by atoms with E-state index >= 15 is 0 Å². The second-order valence-electron chi connectivity index (χ2n) is 7.07. The summed E-state index contributed by atoms with van der Waals surface area (Å²) in [7, 11) is 0. The van der Waals surface area contributed by atoms with Crippen LogP contribution >= 0.6 is 11.6 Å². The predicted molar refractivity (Wildman–Crippen MR) is 104 cm³/mol. The number of carbonyl (C=O) groups is 1. The molecule has 2 saturated heterocycles. The molecule has 3 heterocycles. The maximum Gasteiger partial charge on any atom is 0.229 e. The van der Waals surface area contributed by atoms with Crippen LogP contribution in [0.1, 0.15) is 17.7 Å². The van der Waals surface area contributed by atoms with Crippen LogP contribution < -0.4 is 4.90 Å². The molecular formula is C20H23ClN4O2. The van der Waals surface area contributed by atoms with Crippen molar-refractivity contribution >= 4 is 23.3 Å². The molecule has 2 fully saturated rings. The number of hydrogen-bond donors (Lipinski definition) is 0. The number of anilines is 1. The Morgan fingerprint density at radius 1 is 1.22 bits per heavy atom. The molecule has 0 spiro atoms. The highest BCUT2D eigenvalue weighted by atomic mass is 35.5. The first-order valence-electron chi connectivity index (χ1n) is 9.36. The molecule has 0 atom stereocenters. The van der Waals surface area contributed by atoms with E-state index in [4.69, 9.17) is 21.3 Å². The van der Waals surface area contributed by atoms with Crippen LogP contribution in [0.15, 0.2) is 36.7 Å². The van der Waals surface area contributed by atoms with E-state index < -0.39 is 0 Å². The van der Waals surface area contributed by atoms with Gasteiger partial charge in [0.15, 0.2) is 0 Å². The van der Waals surface area contributed by atoms with Crippen molar-refractivity contribution in [3.05, 3.63) is 52.9 Å². The van der Waals surface area contributed by atoms with Gasteiger partial charge in [-0.1, -0.05) is 23.7 Å². The summed E-state index contributed by atoms with van der Waals surface area (Å²) in [5.74, 6) is 1.11. The molecule has 7 heteroatoms. The van der Waals surface area contributed by atoms with Gasteiger partial charge in [0.05, 0.1) is 24.4 Å². The van der Waals surface area contributed by atoms with Crippen molar-refractivity contribution in [2.45, 2.75) is 12.8 Å². The van der Waals surface area contributed by atoms with Crippen LogP contribution in [0.4, 0.5) is 5.82 Å². The molecule has 142 valence electrons. The van der Waals surface area contributed by atoms with Crippen LogP contribution in [0.5, 0.6) is 0 Å². The van der Waals surface area contributed by atoms with Crippen LogP contribution in [0.3, 0.4) is 0 Å². The van der Waals surface area contributed by atoms with E-state index in [2.05, 4.69) is 9.88 Å². The normalized spacial score (nSPS) is 18.1. The number of rotatable bonds is 4. The lowest BCUT2D eigenvalue weighted by molar-refractivity contribution is -0.136. The highest BCUT2D eigenvalue weighted by Gasteiger charge is 2.36. The number of halogens is 1. The minimum Gasteiger partial charge on any atom is -0.380 e. The summed E-state index contributed by atoms with van der Waals surface area (Å²) >= 11 is 6.06. The molecule has 1 amide bonds. The Bertz CT molecular complexity index is 802. The van der Waals surface area contributed by atoms with E-state index in [-0.39, 0.29) is 11.8 Å². The van der Waals surface area contributed by atoms with Gasteiger partial charge in [-0.05, 0) is 24.1 Å². The lowest BCUT2D eigenvalue weighted by Gasteiger charge is -2.41. The summed E-state index contributed by atoms with van der Waals surface area (Å²) in [5.41, 5.74) is 2.00. The van der Waals surface area contributed by atoms with Crippen LogP contribution in [-0.4, -0.2) is 60.2 Å². The lowest BCUT2D eigenvalue weighted by atomic mass is 9.98. The minimum atomic E-state index is 0.0430. The van der Waals surface area contributed by atoms with E-state index in [1.807, 2.05) is 29.2 Å². The summed E-state index contributed by atoms with van der Waals surface area (Å²) in [4.78, 5) is 25.7. The Balaban J connectivity index is 1.36. The molecule has 0 radical (unpaired) electrons. The van der Waals surface area contributed by atoms with Crippen molar-refractivity contribution in [3.63, 3.8) is 0 Å². The van der Waals surface area contributed by atoms with Gasteiger partial charge in [-0.25, -0.2) is 4.98 Å². The van der Waals surface area contributed by atoms with Gasteiger partial charge in [0, 0.05) is 50.4 Å². The summed E-state index contributed by atoms with van der Waals surface area (Å²) in [5, 5.41) is 0.722. The van der Waals surface area contributed by atoms with Crippen molar-refractivity contribution in [2.75, 3.05) is 44.3 Å². The number of benzene rings is 1. The Kier molecular flexibility index (Phi) is 5.55. The number of carbonyl (C=O) groups excluding carboxylic acids is 1. The molecule has 0 bridgehead atoms. The summed E-state index contributed by atoms with van der Waals surface area (Å²) in [6, 6.07) is 7.78. The molecule has 27 heavy (non-hydrogen) atoms. The number of aromatic nitrogens is 2. The lowest BCUT2D eigenvalue weighted by Crippen LogP contribution is -2.55. The van der Waals surface area contributed by atoms with E-state index in [0.717, 1.165) is 41.7 Å². The van der Waals surface area contributed by atoms with Gasteiger partial charge in [0.2, 0.25) is 5.91 Å². The average molecular weight is 387 g/mol. The Morgan fingerprint density at radius 3 is 2.96 bits per heavy atom. The summed E-state index contributed by atoms with van der Waals surface area (Å²) in [6.07, 6.45) is 5.15. The second-order valence-corrected chi connectivity index (χ2v) is 7.50. The topological polar surface area (TPSA) is 58.6 Å². The van der Waals surface area contributed by atoms with Crippen LogP contribution in [0.2, 0.25) is 5.02 Å². The summed E-state index contributed by atoms with van der Waals surface area (Å²) < 4.78 is 5.44. The molecule has 2 aliphatic heterocycles. The molecule has 1 aromatic heterocycles. The zero-order valence-corrected chi connectivity index (χ0v) is 15.9. The van der Waals surface area contributed by atoms with Crippen LogP contribution in [-0.2, 0) is 16.0 Å². The molecule has 0 unspecified atom stereocenters. The van der Waals surface area contributed by atoms with Crippen molar-refractivity contribution in [2.24, 2.45) is 5.92 Å². The van der Waals surface area contributed by atoms with Gasteiger partial charge in [0.25, 0.3) is 0 Å². The fourth-order valence-corrected chi connectivity index (χ4v) is 3.75. The van der Waals surface area contributed by atoms with Crippen molar-refractivity contribution < 1.29 is 9.53 Å². The zero-order valence-electron chi connectivity index (χ0n) is 15.2. The maximum atomic E-state index is 12.6. The minimum absolute atomic E-state index is 0.0430. The largest absolute Gasteiger partial charge is 0.380 e. The predicted octanol–water partition coefficient (Wildman–Crippen LogP) is 2.41. The third-order valence-electron chi connectivity index (χ3n) is 5.03. The first-order chi connectivity index (χ1) is 13.2. The highest BCUT2D eigenvalue weighted by molar-refractivity contribution is 6.30. The quantitative estimate of drug-likeness (QED) is 0.807. The molecule has 4 rings (SSSR count). The van der Waals surface area contributed by atoms with Gasteiger partial charge in [-0.15, -0.1) is 0 Å². The molecule has 6 nitrogen and oxygen atoms in total. The van der Waals surface area contributed by atoms with Gasteiger partial charge >= 0.3 is 0 Å². The standard InChI is InChI=1S/C20H23ClN4O2/c21-17-4-1-3-15(9-17)10-18-11-22-12-19(23-18)25-13-16(14-25)20(26)24-5-2-7-27-8-6-24/h1,3-4,9,11-12,16H,2,5-8,10,13-14H2. The Labute approximate surface area is 164 Å². The van der Waals surface area contributed by atoms with E-state index in [1.165, 1.54) is 0 Å². The number of amides is 1. The second kappa shape index (κ2) is 8.23. The smallest absolute Gasteiger partial charge is 0.229 e. The van der Waals surface area contributed by atoms with E-state index in [9.17, 15) is 4.79 Å². The van der Waals surface area contributed by atoms with Crippen molar-refractivity contribution in [3.8, 4) is 0 Å². The Hall–Kier alpha value is -2.18. The Morgan fingerprint density at radius 2 is 2.11 bits per heavy atom. The molecule has 2 aliphatic rings. The fraction of sp³-hybridized carbons (Fsp3) is 0.450. The van der Waals surface area contributed by atoms with Crippen LogP contribution in [0.25, 0.3) is 0 Å². The van der Waals surface area contributed by atoms with Gasteiger partial charge < -0.3 is 14.5 Å². The number of ether oxygens (including phenoxy) is 1. The van der Waals surface area contributed by atoms with E-state index in [0.29, 0.717) is 32.7 Å². The van der Waals surface area contributed by atoms with Gasteiger partial charge in [-0.2, -0.15) is 0 Å². The first kappa shape index (κ1) is 18.2. The molecule has 1 aromatic carbocycles. The molecule has 0 aliphatic carbocycles. The van der Waals surface area contributed by atoms with Gasteiger partial charge in [0.1, 0.15) is 5.82 Å². The van der Waals surface area contributed by atoms with Crippen molar-refractivity contribution in [1.29, 1.82) is 0 Å². The van der Waals surface area contributed by atoms with Crippen molar-refractivity contribution in [1.82, 2.24) is 14.9 Å². The molecular weight excluding hydrogens is 364 g/mol. The highest BCUT2D eigenvalue weighted by Crippen LogP contribution is 2.25. The molecule has 2 aromatic rings. The maximum absolute atomic E-state index is 12.6. The van der Waals surface area contributed by atoms with E-state index in [1.54, 1.807) is 12.4 Å². The third-order valence-corrected chi connectivity index (χ3v) is 5.27. The SMILES string of the molecule is O=C(C1CN(c2cncc(Cc3cccc(Cl)c3)n2)C1)N1CCCOCC1. The fourth-order valence-electron chi connectivity index (χ4n) is 3.53. The third kappa shape index (κ3) is 4.39. The molecule has 0 N–H and O–H groups in total. The monoisotopic (exact) mass is 386 g/mol. The number of nitrogens with zero attached hydrogens (tertiary/aromatic N) is 4.